The van der Waals surface area contributed by atoms with Crippen LogP contribution in [-0.2, 0) is 6.54 Å². The van der Waals surface area contributed by atoms with Crippen molar-refractivity contribution in [2.45, 2.75) is 44.2 Å². The summed E-state index contributed by atoms with van der Waals surface area (Å²) in [5.74, 6) is 0.109. The number of oxime groups is 1. The van der Waals surface area contributed by atoms with Crippen molar-refractivity contribution in [1.82, 2.24) is 5.32 Å². The Morgan fingerprint density at radius 2 is 2.05 bits per heavy atom. The van der Waals surface area contributed by atoms with Crippen molar-refractivity contribution < 1.29 is 10.3 Å². The van der Waals surface area contributed by atoms with Crippen LogP contribution in [0.5, 0.6) is 0 Å². The highest BCUT2D eigenvalue weighted by Gasteiger charge is 2.28. The van der Waals surface area contributed by atoms with Crippen molar-refractivity contribution in [3.63, 3.8) is 0 Å². The smallest absolute Gasteiger partial charge is 0.170 e. The Morgan fingerprint density at radius 3 is 2.75 bits per heavy atom. The van der Waals surface area contributed by atoms with Crippen LogP contribution in [0.3, 0.4) is 0 Å². The van der Waals surface area contributed by atoms with Crippen LogP contribution in [0.1, 0.15) is 43.2 Å². The molecule has 1 fully saturated rings. The summed E-state index contributed by atoms with van der Waals surface area (Å²) < 4.78 is 0. The molecule has 20 heavy (non-hydrogen) atoms. The molecular weight excluding hydrogens is 254 g/mol. The van der Waals surface area contributed by atoms with E-state index in [2.05, 4.69) is 10.5 Å². The second-order valence-corrected chi connectivity index (χ2v) is 5.57. The average Bonchev–Trinajstić information content (AvgIpc) is 2.47. The molecular formula is C15H23N3O2. The maximum absolute atomic E-state index is 10.4. The molecule has 1 aromatic rings. The molecule has 0 aliphatic heterocycles. The largest absolute Gasteiger partial charge is 0.409 e. The van der Waals surface area contributed by atoms with Gasteiger partial charge in [0.1, 0.15) is 0 Å². The standard InChI is InChI=1S/C15H23N3O2/c16-14(18-20)13-6-4-5-12(9-13)10-17-11-15(19)7-2-1-3-8-15/h4-6,9,17,19-20H,1-3,7-8,10-11H2,(H2,16,18). The molecule has 1 aliphatic carbocycles. The summed E-state index contributed by atoms with van der Waals surface area (Å²) in [6, 6.07) is 7.53. The monoisotopic (exact) mass is 277 g/mol. The van der Waals surface area contributed by atoms with E-state index in [1.807, 2.05) is 18.2 Å². The van der Waals surface area contributed by atoms with Crippen LogP contribution >= 0.6 is 0 Å². The van der Waals surface area contributed by atoms with E-state index < -0.39 is 5.60 Å². The first-order valence-corrected chi connectivity index (χ1v) is 7.13. The van der Waals surface area contributed by atoms with Crippen LogP contribution in [0.25, 0.3) is 0 Å². The van der Waals surface area contributed by atoms with E-state index in [0.717, 1.165) is 31.2 Å². The van der Waals surface area contributed by atoms with Gasteiger partial charge in [-0.1, -0.05) is 42.6 Å². The minimum Gasteiger partial charge on any atom is -0.409 e. The Labute approximate surface area is 119 Å². The number of nitrogens with zero attached hydrogens (tertiary/aromatic N) is 1. The summed E-state index contributed by atoms with van der Waals surface area (Å²) in [6.45, 7) is 1.27. The van der Waals surface area contributed by atoms with Crippen molar-refractivity contribution in [3.8, 4) is 0 Å². The molecule has 0 spiro atoms. The lowest BCUT2D eigenvalue weighted by Gasteiger charge is -2.32. The Hall–Kier alpha value is -1.59. The van der Waals surface area contributed by atoms with Crippen molar-refractivity contribution >= 4 is 5.84 Å². The molecule has 110 valence electrons. The van der Waals surface area contributed by atoms with E-state index in [4.69, 9.17) is 10.9 Å². The predicted octanol–water partition coefficient (Wildman–Crippen LogP) is 1.57. The third-order valence-corrected chi connectivity index (χ3v) is 3.90. The molecule has 0 heterocycles. The van der Waals surface area contributed by atoms with E-state index in [0.29, 0.717) is 18.7 Å². The van der Waals surface area contributed by atoms with Gasteiger partial charge in [-0.3, -0.25) is 0 Å². The molecule has 0 unspecified atom stereocenters. The summed E-state index contributed by atoms with van der Waals surface area (Å²) in [6.07, 6.45) is 5.20. The fraction of sp³-hybridized carbons (Fsp3) is 0.533. The van der Waals surface area contributed by atoms with Gasteiger partial charge in [0, 0.05) is 18.7 Å². The zero-order chi connectivity index (χ0) is 14.4. The lowest BCUT2D eigenvalue weighted by Crippen LogP contribution is -2.41. The fourth-order valence-electron chi connectivity index (χ4n) is 2.72. The first-order chi connectivity index (χ1) is 9.63. The van der Waals surface area contributed by atoms with Gasteiger partial charge in [0.15, 0.2) is 5.84 Å². The SMILES string of the molecule is NC(=NO)c1cccc(CNCC2(O)CCCCC2)c1. The molecule has 5 N–H and O–H groups in total. The molecule has 0 radical (unpaired) electrons. The van der Waals surface area contributed by atoms with Gasteiger partial charge in [-0.2, -0.15) is 0 Å². The zero-order valence-corrected chi connectivity index (χ0v) is 11.7. The number of hydrogen-bond donors (Lipinski definition) is 4. The van der Waals surface area contributed by atoms with Crippen molar-refractivity contribution in [1.29, 1.82) is 0 Å². The summed E-state index contributed by atoms with van der Waals surface area (Å²) >= 11 is 0. The second kappa shape index (κ2) is 6.72. The minimum absolute atomic E-state index is 0.109. The number of nitrogens with two attached hydrogens (primary N) is 1. The number of aliphatic hydroxyl groups is 1. The number of benzene rings is 1. The van der Waals surface area contributed by atoms with Gasteiger partial charge in [-0.05, 0) is 24.5 Å². The molecule has 0 bridgehead atoms. The van der Waals surface area contributed by atoms with Crippen LogP contribution < -0.4 is 11.1 Å². The number of rotatable bonds is 5. The van der Waals surface area contributed by atoms with Gasteiger partial charge >= 0.3 is 0 Å². The molecule has 5 heteroatoms. The number of hydrogen-bond acceptors (Lipinski definition) is 4. The zero-order valence-electron chi connectivity index (χ0n) is 11.7. The van der Waals surface area contributed by atoms with Crippen LogP contribution in [-0.4, -0.2) is 28.3 Å². The van der Waals surface area contributed by atoms with E-state index in [9.17, 15) is 5.11 Å². The summed E-state index contributed by atoms with van der Waals surface area (Å²) in [5, 5.41) is 25.4. The second-order valence-electron chi connectivity index (χ2n) is 5.57. The summed E-state index contributed by atoms with van der Waals surface area (Å²) in [7, 11) is 0. The Balaban J connectivity index is 1.88. The normalized spacial score (nSPS) is 18.9. The average molecular weight is 277 g/mol. The molecule has 1 aliphatic rings. The highest BCUT2D eigenvalue weighted by molar-refractivity contribution is 5.97. The molecule has 5 nitrogen and oxygen atoms in total. The number of amidine groups is 1. The van der Waals surface area contributed by atoms with Crippen molar-refractivity contribution in [2.75, 3.05) is 6.54 Å². The fourth-order valence-corrected chi connectivity index (χ4v) is 2.72. The predicted molar refractivity (Wildman–Crippen MR) is 78.7 cm³/mol. The number of nitrogens with one attached hydrogen (secondary N) is 1. The molecule has 1 saturated carbocycles. The lowest BCUT2D eigenvalue weighted by molar-refractivity contribution is 0.00468. The first kappa shape index (κ1) is 14.8. The molecule has 2 rings (SSSR count). The summed E-state index contributed by atoms with van der Waals surface area (Å²) in [4.78, 5) is 0. The van der Waals surface area contributed by atoms with Gasteiger partial charge in [-0.25, -0.2) is 0 Å². The van der Waals surface area contributed by atoms with E-state index in [1.165, 1.54) is 6.42 Å². The van der Waals surface area contributed by atoms with Crippen LogP contribution in [0.15, 0.2) is 29.4 Å². The lowest BCUT2D eigenvalue weighted by atomic mass is 9.85. The molecule has 0 saturated heterocycles. The minimum atomic E-state index is -0.554. The Bertz CT molecular complexity index is 468. The third-order valence-electron chi connectivity index (χ3n) is 3.90. The van der Waals surface area contributed by atoms with E-state index in [-0.39, 0.29) is 5.84 Å². The van der Waals surface area contributed by atoms with E-state index >= 15 is 0 Å². The molecule has 1 aromatic carbocycles. The van der Waals surface area contributed by atoms with Crippen LogP contribution in [0.2, 0.25) is 0 Å². The van der Waals surface area contributed by atoms with Gasteiger partial charge in [0.2, 0.25) is 0 Å². The molecule has 0 atom stereocenters. The highest BCUT2D eigenvalue weighted by atomic mass is 16.4. The maximum atomic E-state index is 10.4. The van der Waals surface area contributed by atoms with Crippen LogP contribution in [0, 0.1) is 0 Å². The summed E-state index contributed by atoms with van der Waals surface area (Å²) in [5.41, 5.74) is 6.76. The Kier molecular flexibility index (Phi) is 4.98. The van der Waals surface area contributed by atoms with Crippen LogP contribution in [0.4, 0.5) is 0 Å². The van der Waals surface area contributed by atoms with E-state index in [1.54, 1.807) is 6.07 Å². The topological polar surface area (TPSA) is 90.9 Å². The third kappa shape index (κ3) is 3.95. The van der Waals surface area contributed by atoms with Gasteiger partial charge in [0.05, 0.1) is 5.60 Å². The Morgan fingerprint density at radius 1 is 1.30 bits per heavy atom. The quantitative estimate of drug-likeness (QED) is 0.284. The van der Waals surface area contributed by atoms with Gasteiger partial charge in [0.25, 0.3) is 0 Å². The maximum Gasteiger partial charge on any atom is 0.170 e. The van der Waals surface area contributed by atoms with Gasteiger partial charge < -0.3 is 21.4 Å². The van der Waals surface area contributed by atoms with Crippen molar-refractivity contribution in [3.05, 3.63) is 35.4 Å². The molecule has 0 aromatic heterocycles. The van der Waals surface area contributed by atoms with Crippen molar-refractivity contribution in [2.24, 2.45) is 10.9 Å². The molecule has 0 amide bonds. The van der Waals surface area contributed by atoms with Gasteiger partial charge in [-0.15, -0.1) is 0 Å². The first-order valence-electron chi connectivity index (χ1n) is 7.13. The highest BCUT2D eigenvalue weighted by Crippen LogP contribution is 2.27.